The lowest BCUT2D eigenvalue weighted by Gasteiger charge is -2.18. The minimum absolute atomic E-state index is 0.552. The van der Waals surface area contributed by atoms with Crippen molar-refractivity contribution in [2.45, 2.75) is 66.7 Å². The van der Waals surface area contributed by atoms with Gasteiger partial charge in [-0.25, -0.2) is 0 Å². The van der Waals surface area contributed by atoms with Gasteiger partial charge in [0.1, 0.15) is 0 Å². The first-order valence-electron chi connectivity index (χ1n) is 15.5. The van der Waals surface area contributed by atoms with Gasteiger partial charge in [-0.3, -0.25) is 0 Å². The maximum absolute atomic E-state index is 9.14. The van der Waals surface area contributed by atoms with Crippen LogP contribution in [0.25, 0.3) is 33.0 Å². The molecule has 42 heavy (non-hydrogen) atoms. The van der Waals surface area contributed by atoms with Gasteiger partial charge in [0.05, 0.1) is 6.07 Å². The van der Waals surface area contributed by atoms with Crippen molar-refractivity contribution in [3.63, 3.8) is 0 Å². The number of nitrogens with zero attached hydrogens (tertiary/aromatic N) is 1. The largest absolute Gasteiger partial charge is 0.198 e. The number of aryl methyl sites for hydroxylation is 2. The molecule has 1 nitrogen and oxygen atoms in total. The molecule has 0 heterocycles. The molecule has 1 heteroatoms. The molecule has 0 fully saturated rings. The van der Waals surface area contributed by atoms with Crippen LogP contribution in [0.4, 0.5) is 0 Å². The summed E-state index contributed by atoms with van der Waals surface area (Å²) in [4.78, 5) is 0. The van der Waals surface area contributed by atoms with Gasteiger partial charge in [0.15, 0.2) is 0 Å². The Morgan fingerprint density at radius 1 is 0.619 bits per heavy atom. The Morgan fingerprint density at radius 3 is 2.02 bits per heavy atom. The Labute approximate surface area is 252 Å². The normalized spacial score (nSPS) is 11.4. The topological polar surface area (TPSA) is 23.8 Å². The van der Waals surface area contributed by atoms with E-state index in [9.17, 15) is 0 Å². The van der Waals surface area contributed by atoms with Crippen molar-refractivity contribution < 1.29 is 0 Å². The van der Waals surface area contributed by atoms with Crippen molar-refractivity contribution in [1.29, 1.82) is 5.26 Å². The highest BCUT2D eigenvalue weighted by molar-refractivity contribution is 5.86. The van der Waals surface area contributed by atoms with Crippen LogP contribution < -0.4 is 0 Å². The first-order valence-corrected chi connectivity index (χ1v) is 15.5. The van der Waals surface area contributed by atoms with Crippen LogP contribution in [0.3, 0.4) is 0 Å². The highest BCUT2D eigenvalue weighted by atomic mass is 14.2. The van der Waals surface area contributed by atoms with Crippen molar-refractivity contribution in [2.75, 3.05) is 0 Å². The van der Waals surface area contributed by atoms with Crippen molar-refractivity contribution in [2.24, 2.45) is 11.8 Å². The quantitative estimate of drug-likeness (QED) is 0.170. The Balaban J connectivity index is 1.66. The molecule has 0 saturated heterocycles. The lowest BCUT2D eigenvalue weighted by molar-refractivity contribution is 0.645. The molecule has 0 unspecified atom stereocenters. The van der Waals surface area contributed by atoms with E-state index in [2.05, 4.69) is 138 Å². The van der Waals surface area contributed by atoms with Crippen molar-refractivity contribution in [3.8, 4) is 28.3 Å². The third kappa shape index (κ3) is 6.83. The molecule has 0 aliphatic heterocycles. The van der Waals surface area contributed by atoms with Crippen LogP contribution in [0, 0.1) is 30.1 Å². The number of fused-ring (bicyclic) bond motifs is 1. The summed E-state index contributed by atoms with van der Waals surface area (Å²) in [7, 11) is 0. The minimum Gasteiger partial charge on any atom is -0.198 e. The number of hydrogen-bond donors (Lipinski definition) is 0. The van der Waals surface area contributed by atoms with E-state index in [4.69, 9.17) is 5.26 Å². The van der Waals surface area contributed by atoms with Gasteiger partial charge in [-0.1, -0.05) is 125 Å². The summed E-state index contributed by atoms with van der Waals surface area (Å²) in [6, 6.07) is 38.7. The van der Waals surface area contributed by atoms with Gasteiger partial charge in [-0.15, -0.1) is 0 Å². The van der Waals surface area contributed by atoms with Gasteiger partial charge in [-0.05, 0) is 111 Å². The van der Waals surface area contributed by atoms with Crippen LogP contribution in [0.2, 0.25) is 0 Å². The second-order valence-corrected chi connectivity index (χ2v) is 12.7. The molecule has 5 aromatic carbocycles. The Kier molecular flexibility index (Phi) is 9.24. The van der Waals surface area contributed by atoms with Crippen LogP contribution in [0.5, 0.6) is 0 Å². The molecule has 0 aromatic heterocycles. The summed E-state index contributed by atoms with van der Waals surface area (Å²) < 4.78 is 0. The highest BCUT2D eigenvalue weighted by Gasteiger charge is 2.15. The van der Waals surface area contributed by atoms with Gasteiger partial charge in [0.25, 0.3) is 0 Å². The summed E-state index contributed by atoms with van der Waals surface area (Å²) in [6.07, 6.45) is 4.34. The standard InChI is InChI=1S/C41H43N/c1-28(2)22-36-25-34(17-15-30(36)5)41-20-18-35(40-19-16-31(10-9-21-42)24-37(40)23-29(3)4)27-38(41)26-33-13-8-12-32-11-6-7-14-39(32)33/h6-8,11-20,24-25,27-29H,9-10,22-23,26H2,1-5H3. The fourth-order valence-corrected chi connectivity index (χ4v) is 6.23. The highest BCUT2D eigenvalue weighted by Crippen LogP contribution is 2.35. The molecular formula is C41H43N. The van der Waals surface area contributed by atoms with Gasteiger partial charge in [0, 0.05) is 6.42 Å². The van der Waals surface area contributed by atoms with Gasteiger partial charge in [0.2, 0.25) is 0 Å². The zero-order valence-corrected chi connectivity index (χ0v) is 25.9. The van der Waals surface area contributed by atoms with E-state index in [0.717, 1.165) is 25.7 Å². The maximum Gasteiger partial charge on any atom is 0.0625 e. The van der Waals surface area contributed by atoms with E-state index in [1.165, 1.54) is 66.4 Å². The molecule has 0 atom stereocenters. The van der Waals surface area contributed by atoms with Crippen LogP contribution in [-0.4, -0.2) is 0 Å². The lowest BCUT2D eigenvalue weighted by Crippen LogP contribution is -2.01. The average Bonchev–Trinajstić information content (AvgIpc) is 2.97. The summed E-state index contributed by atoms with van der Waals surface area (Å²) in [5.74, 6) is 1.17. The number of hydrogen-bond acceptors (Lipinski definition) is 1. The SMILES string of the molecule is Cc1ccc(-c2ccc(-c3ccc(CCC#N)cc3CC(C)C)cc2Cc2cccc3ccccc23)cc1CC(C)C. The molecule has 0 N–H and O–H groups in total. The molecule has 0 bridgehead atoms. The van der Waals surface area contributed by atoms with Crippen molar-refractivity contribution in [3.05, 3.63) is 130 Å². The van der Waals surface area contributed by atoms with Crippen LogP contribution in [0.1, 0.15) is 67.5 Å². The maximum atomic E-state index is 9.14. The Hall–Kier alpha value is -4.15. The molecule has 0 radical (unpaired) electrons. The van der Waals surface area contributed by atoms with Crippen LogP contribution >= 0.6 is 0 Å². The molecule has 5 aromatic rings. The molecular weight excluding hydrogens is 506 g/mol. The third-order valence-electron chi connectivity index (χ3n) is 8.29. The molecule has 5 rings (SSSR count). The van der Waals surface area contributed by atoms with E-state index in [-0.39, 0.29) is 0 Å². The van der Waals surface area contributed by atoms with E-state index >= 15 is 0 Å². The summed E-state index contributed by atoms with van der Waals surface area (Å²) >= 11 is 0. The van der Waals surface area contributed by atoms with Crippen LogP contribution in [-0.2, 0) is 25.7 Å². The van der Waals surface area contributed by atoms with Gasteiger partial charge < -0.3 is 0 Å². The number of nitriles is 1. The zero-order chi connectivity index (χ0) is 29.6. The van der Waals surface area contributed by atoms with E-state index in [0.29, 0.717) is 18.3 Å². The summed E-state index contributed by atoms with van der Waals surface area (Å²) in [5.41, 5.74) is 13.3. The monoisotopic (exact) mass is 549 g/mol. The molecule has 0 amide bonds. The molecule has 212 valence electrons. The third-order valence-corrected chi connectivity index (χ3v) is 8.29. The molecule has 0 saturated carbocycles. The van der Waals surface area contributed by atoms with Gasteiger partial charge >= 0.3 is 0 Å². The second-order valence-electron chi connectivity index (χ2n) is 12.7. The van der Waals surface area contributed by atoms with E-state index < -0.39 is 0 Å². The Bertz CT molecular complexity index is 1730. The molecule has 0 spiro atoms. The first-order chi connectivity index (χ1) is 20.3. The predicted octanol–water partition coefficient (Wildman–Crippen LogP) is 10.9. The first kappa shape index (κ1) is 29.3. The van der Waals surface area contributed by atoms with E-state index in [1.54, 1.807) is 0 Å². The predicted molar refractivity (Wildman–Crippen MR) is 180 cm³/mol. The fourth-order valence-electron chi connectivity index (χ4n) is 6.23. The average molecular weight is 550 g/mol. The van der Waals surface area contributed by atoms with Crippen LogP contribution in [0.15, 0.2) is 97.1 Å². The zero-order valence-electron chi connectivity index (χ0n) is 25.9. The van der Waals surface area contributed by atoms with Crippen molar-refractivity contribution in [1.82, 2.24) is 0 Å². The lowest BCUT2D eigenvalue weighted by atomic mass is 9.86. The number of benzene rings is 5. The second kappa shape index (κ2) is 13.2. The smallest absolute Gasteiger partial charge is 0.0625 e. The fraction of sp³-hybridized carbons (Fsp3) is 0.293. The molecule has 0 aliphatic rings. The van der Waals surface area contributed by atoms with Crippen molar-refractivity contribution >= 4 is 10.8 Å². The summed E-state index contributed by atoms with van der Waals surface area (Å²) in [5, 5.41) is 11.7. The molecule has 0 aliphatic carbocycles. The summed E-state index contributed by atoms with van der Waals surface area (Å²) in [6.45, 7) is 11.4. The minimum atomic E-state index is 0.552. The Morgan fingerprint density at radius 2 is 1.26 bits per heavy atom. The van der Waals surface area contributed by atoms with Gasteiger partial charge in [-0.2, -0.15) is 5.26 Å². The van der Waals surface area contributed by atoms with E-state index in [1.807, 2.05) is 0 Å². The number of rotatable bonds is 10.